The van der Waals surface area contributed by atoms with Crippen LogP contribution in [0.15, 0.2) is 35.2 Å². The Labute approximate surface area is 203 Å². The summed E-state index contributed by atoms with van der Waals surface area (Å²) < 4.78 is 18.0. The first-order chi connectivity index (χ1) is 15.3. The third-order valence-corrected chi connectivity index (χ3v) is 6.66. The molecule has 1 aliphatic heterocycles. The number of halogens is 1. The number of hydrogen-bond donors (Lipinski definition) is 0. The van der Waals surface area contributed by atoms with Crippen LogP contribution in [0.3, 0.4) is 0 Å². The van der Waals surface area contributed by atoms with Gasteiger partial charge in [0.1, 0.15) is 10.1 Å². The lowest BCUT2D eigenvalue weighted by atomic mass is 10.1. The molecule has 0 atom stereocenters. The van der Waals surface area contributed by atoms with Gasteiger partial charge in [0.25, 0.3) is 5.91 Å². The minimum absolute atomic E-state index is 0.127. The fraction of sp³-hybridized carbons (Fsp3) is 0.333. The van der Waals surface area contributed by atoms with E-state index in [1.807, 2.05) is 25.1 Å². The van der Waals surface area contributed by atoms with Crippen molar-refractivity contribution in [1.82, 2.24) is 4.90 Å². The molecule has 1 amide bonds. The van der Waals surface area contributed by atoms with Gasteiger partial charge in [-0.15, -0.1) is 0 Å². The first-order valence-electron chi connectivity index (χ1n) is 10.3. The second kappa shape index (κ2) is 11.1. The van der Waals surface area contributed by atoms with Crippen molar-refractivity contribution in [2.75, 3.05) is 26.9 Å². The molecule has 0 spiro atoms. The molecular weight excluding hydrogens is 466 g/mol. The molecule has 1 saturated heterocycles. The van der Waals surface area contributed by atoms with Gasteiger partial charge < -0.3 is 14.2 Å². The molecule has 1 aliphatic rings. The van der Waals surface area contributed by atoms with Gasteiger partial charge in [0.2, 0.25) is 0 Å². The molecule has 0 radical (unpaired) electrons. The lowest BCUT2D eigenvalue weighted by Gasteiger charge is -2.15. The monoisotopic (exact) mass is 491 g/mol. The van der Waals surface area contributed by atoms with Crippen LogP contribution in [0, 0.1) is 13.8 Å². The minimum Gasteiger partial charge on any atom is -0.493 e. The Bertz CT molecular complexity index is 1050. The molecule has 0 saturated carbocycles. The van der Waals surface area contributed by atoms with Crippen LogP contribution in [-0.4, -0.2) is 42.0 Å². The van der Waals surface area contributed by atoms with Crippen molar-refractivity contribution in [2.45, 2.75) is 27.2 Å². The van der Waals surface area contributed by atoms with E-state index in [2.05, 4.69) is 19.9 Å². The number of amides is 1. The van der Waals surface area contributed by atoms with E-state index < -0.39 is 0 Å². The smallest absolute Gasteiger partial charge is 0.265 e. The number of carbonyl (C=O) groups is 1. The quantitative estimate of drug-likeness (QED) is 0.242. The summed E-state index contributed by atoms with van der Waals surface area (Å²) in [6.45, 7) is 7.45. The Kier molecular flexibility index (Phi) is 8.45. The van der Waals surface area contributed by atoms with E-state index in [9.17, 15) is 4.79 Å². The summed E-state index contributed by atoms with van der Waals surface area (Å²) >= 11 is 12.9. The molecule has 0 unspecified atom stereocenters. The summed E-state index contributed by atoms with van der Waals surface area (Å²) in [5.74, 6) is 1.74. The van der Waals surface area contributed by atoms with Crippen molar-refractivity contribution < 1.29 is 19.0 Å². The summed E-state index contributed by atoms with van der Waals surface area (Å²) in [6, 6.07) is 9.63. The predicted octanol–water partition coefficient (Wildman–Crippen LogP) is 6.03. The molecule has 1 fully saturated rings. The maximum atomic E-state index is 12.3. The van der Waals surface area contributed by atoms with Gasteiger partial charge in [-0.05, 0) is 67.8 Å². The van der Waals surface area contributed by atoms with E-state index in [1.165, 1.54) is 27.8 Å². The molecule has 8 heteroatoms. The third kappa shape index (κ3) is 5.97. The van der Waals surface area contributed by atoms with Gasteiger partial charge in [-0.3, -0.25) is 9.69 Å². The van der Waals surface area contributed by atoms with Crippen LogP contribution in [-0.2, 0) is 4.79 Å². The van der Waals surface area contributed by atoms with Crippen LogP contribution in [0.1, 0.15) is 30.0 Å². The Morgan fingerprint density at radius 2 is 1.84 bits per heavy atom. The van der Waals surface area contributed by atoms with Crippen molar-refractivity contribution in [3.8, 4) is 17.2 Å². The zero-order valence-corrected chi connectivity index (χ0v) is 21.0. The molecule has 0 bridgehead atoms. The number of benzene rings is 2. The van der Waals surface area contributed by atoms with Crippen molar-refractivity contribution >= 4 is 51.9 Å². The van der Waals surface area contributed by atoms with Crippen LogP contribution in [0.25, 0.3) is 6.08 Å². The number of carbonyl (C=O) groups excluding carboxylic acids is 1. The van der Waals surface area contributed by atoms with Crippen LogP contribution in [0.4, 0.5) is 0 Å². The fourth-order valence-corrected chi connectivity index (χ4v) is 4.45. The number of hydrogen-bond acceptors (Lipinski definition) is 6. The van der Waals surface area contributed by atoms with E-state index in [0.29, 0.717) is 52.0 Å². The van der Waals surface area contributed by atoms with Crippen LogP contribution < -0.4 is 14.2 Å². The van der Waals surface area contributed by atoms with Crippen LogP contribution >= 0.6 is 35.6 Å². The van der Waals surface area contributed by atoms with Crippen molar-refractivity contribution in [1.29, 1.82) is 0 Å². The summed E-state index contributed by atoms with van der Waals surface area (Å²) in [6.07, 6.45) is 2.45. The number of rotatable bonds is 9. The Hall–Kier alpha value is -2.22. The largest absolute Gasteiger partial charge is 0.493 e. The molecule has 3 rings (SSSR count). The maximum Gasteiger partial charge on any atom is 0.265 e. The van der Waals surface area contributed by atoms with Gasteiger partial charge in [0.05, 0.1) is 29.7 Å². The van der Waals surface area contributed by atoms with Gasteiger partial charge in [-0.2, -0.15) is 0 Å². The fourth-order valence-electron chi connectivity index (χ4n) is 3.00. The molecule has 5 nitrogen and oxygen atoms in total. The van der Waals surface area contributed by atoms with Gasteiger partial charge in [0.15, 0.2) is 11.5 Å². The summed E-state index contributed by atoms with van der Waals surface area (Å²) in [4.78, 5) is 14.3. The van der Waals surface area contributed by atoms with E-state index in [0.717, 1.165) is 11.3 Å². The molecular formula is C24H26ClNO4S2. The average molecular weight is 492 g/mol. The molecule has 32 heavy (non-hydrogen) atoms. The number of nitrogens with zero attached hydrogens (tertiary/aromatic N) is 1. The summed E-state index contributed by atoms with van der Waals surface area (Å²) in [5, 5.41) is 0.421. The first kappa shape index (κ1) is 24.4. The zero-order valence-electron chi connectivity index (χ0n) is 18.6. The molecule has 0 N–H and O–H groups in total. The summed E-state index contributed by atoms with van der Waals surface area (Å²) in [5.41, 5.74) is 3.19. The topological polar surface area (TPSA) is 48.0 Å². The Morgan fingerprint density at radius 1 is 1.09 bits per heavy atom. The highest BCUT2D eigenvalue weighted by Gasteiger charge is 2.28. The van der Waals surface area contributed by atoms with Gasteiger partial charge >= 0.3 is 0 Å². The number of aryl methyl sites for hydroxylation is 2. The number of ether oxygens (including phenoxy) is 3. The SMILES string of the molecule is CCOc1cc(/C=C2\SC(=S)N(C)C2=O)cc(Cl)c1OCCCOc1ccc(C)c(C)c1. The molecule has 170 valence electrons. The number of thioether (sulfide) groups is 1. The third-order valence-electron chi connectivity index (χ3n) is 4.90. The average Bonchev–Trinajstić information content (AvgIpc) is 2.98. The van der Waals surface area contributed by atoms with Gasteiger partial charge in [-0.1, -0.05) is 41.6 Å². The maximum absolute atomic E-state index is 12.3. The van der Waals surface area contributed by atoms with Crippen molar-refractivity contribution in [3.63, 3.8) is 0 Å². The Balaban J connectivity index is 1.64. The molecule has 2 aromatic carbocycles. The summed E-state index contributed by atoms with van der Waals surface area (Å²) in [7, 11) is 1.66. The molecule has 0 aromatic heterocycles. The predicted molar refractivity (Wildman–Crippen MR) is 135 cm³/mol. The van der Waals surface area contributed by atoms with E-state index >= 15 is 0 Å². The van der Waals surface area contributed by atoms with E-state index in [4.69, 9.17) is 38.0 Å². The van der Waals surface area contributed by atoms with Crippen molar-refractivity contribution in [3.05, 3.63) is 56.9 Å². The highest BCUT2D eigenvalue weighted by atomic mass is 35.5. The van der Waals surface area contributed by atoms with E-state index in [1.54, 1.807) is 19.2 Å². The second-order valence-corrected chi connectivity index (χ2v) is 9.38. The van der Waals surface area contributed by atoms with E-state index in [-0.39, 0.29) is 5.91 Å². The lowest BCUT2D eigenvalue weighted by Crippen LogP contribution is -2.22. The first-order valence-corrected chi connectivity index (χ1v) is 11.9. The lowest BCUT2D eigenvalue weighted by molar-refractivity contribution is -0.121. The molecule has 0 aliphatic carbocycles. The normalized spacial score (nSPS) is 14.9. The van der Waals surface area contributed by atoms with Gasteiger partial charge in [0, 0.05) is 13.5 Å². The van der Waals surface area contributed by atoms with Crippen LogP contribution in [0.2, 0.25) is 5.02 Å². The van der Waals surface area contributed by atoms with Crippen molar-refractivity contribution in [2.24, 2.45) is 0 Å². The molecule has 1 heterocycles. The number of likely N-dealkylation sites (N-methyl/N-ethyl adjacent to an activating group) is 1. The highest BCUT2D eigenvalue weighted by Crippen LogP contribution is 2.39. The van der Waals surface area contributed by atoms with Gasteiger partial charge in [-0.25, -0.2) is 0 Å². The highest BCUT2D eigenvalue weighted by molar-refractivity contribution is 8.26. The Morgan fingerprint density at radius 3 is 2.50 bits per heavy atom. The minimum atomic E-state index is -0.127. The van der Waals surface area contributed by atoms with Crippen LogP contribution in [0.5, 0.6) is 17.2 Å². The second-order valence-electron chi connectivity index (χ2n) is 7.30. The zero-order chi connectivity index (χ0) is 23.3. The standard InChI is InChI=1S/C24H26ClNO4S2/c1-5-28-20-13-17(14-21-23(27)26(4)24(31)32-21)12-19(25)22(20)30-10-6-9-29-18-8-7-15(2)16(3)11-18/h7-8,11-14H,5-6,9-10H2,1-4H3/b21-14-. The molecule has 2 aromatic rings. The number of thiocarbonyl (C=S) groups is 1.